The highest BCUT2D eigenvalue weighted by Gasteiger charge is 2.21. The van der Waals surface area contributed by atoms with Gasteiger partial charge >= 0.3 is 5.97 Å². The van der Waals surface area contributed by atoms with Crippen LogP contribution >= 0.6 is 15.9 Å². The van der Waals surface area contributed by atoms with Crippen LogP contribution < -0.4 is 5.32 Å². The molecule has 0 spiro atoms. The van der Waals surface area contributed by atoms with Gasteiger partial charge < -0.3 is 15.5 Å². The van der Waals surface area contributed by atoms with E-state index < -0.39 is 11.6 Å². The summed E-state index contributed by atoms with van der Waals surface area (Å²) < 4.78 is 0.758. The number of carboxylic acids is 1. The van der Waals surface area contributed by atoms with Crippen LogP contribution in [0.5, 0.6) is 0 Å². The van der Waals surface area contributed by atoms with E-state index in [0.717, 1.165) is 16.5 Å². The van der Waals surface area contributed by atoms with Gasteiger partial charge in [-0.25, -0.2) is 4.79 Å². The third-order valence-electron chi connectivity index (χ3n) is 2.97. The van der Waals surface area contributed by atoms with Crippen molar-refractivity contribution < 1.29 is 15.0 Å². The van der Waals surface area contributed by atoms with E-state index in [9.17, 15) is 9.90 Å². The number of hydrogen-bond donors (Lipinski definition) is 3. The molecule has 0 heterocycles. The van der Waals surface area contributed by atoms with Crippen molar-refractivity contribution in [1.29, 1.82) is 0 Å². The Bertz CT molecular complexity index is 472. The average Bonchev–Trinajstić information content (AvgIpc) is 2.29. The normalized spacial score (nSPS) is 14.3. The summed E-state index contributed by atoms with van der Waals surface area (Å²) in [5.74, 6) is -0.501. The van der Waals surface area contributed by atoms with Crippen LogP contribution in [0.1, 0.15) is 43.1 Å². The van der Waals surface area contributed by atoms with E-state index in [-0.39, 0.29) is 5.56 Å². The second kappa shape index (κ2) is 7.20. The van der Waals surface area contributed by atoms with Crippen molar-refractivity contribution in [3.63, 3.8) is 0 Å². The van der Waals surface area contributed by atoms with Crippen molar-refractivity contribution in [2.24, 2.45) is 5.92 Å². The Hall–Kier alpha value is -0.910. The first-order chi connectivity index (χ1) is 9.21. The Labute approximate surface area is 128 Å². The molecule has 1 unspecified atom stereocenters. The number of benzene rings is 1. The minimum Gasteiger partial charge on any atom is -0.478 e. The highest BCUT2D eigenvalue weighted by molar-refractivity contribution is 9.10. The van der Waals surface area contributed by atoms with Gasteiger partial charge in [-0.3, -0.25) is 0 Å². The largest absolute Gasteiger partial charge is 0.478 e. The van der Waals surface area contributed by atoms with Crippen LogP contribution in [0.2, 0.25) is 0 Å². The van der Waals surface area contributed by atoms with Gasteiger partial charge in [0.05, 0.1) is 11.2 Å². The molecule has 20 heavy (non-hydrogen) atoms. The zero-order valence-corrected chi connectivity index (χ0v) is 13.7. The molecule has 0 saturated carbocycles. The number of rotatable bonds is 7. The lowest BCUT2D eigenvalue weighted by Gasteiger charge is -2.25. The molecule has 0 aromatic heterocycles. The Morgan fingerprint density at radius 3 is 2.60 bits per heavy atom. The van der Waals surface area contributed by atoms with E-state index >= 15 is 0 Å². The molecule has 1 aromatic carbocycles. The van der Waals surface area contributed by atoms with Gasteiger partial charge in [0.15, 0.2) is 0 Å². The Morgan fingerprint density at radius 2 is 2.10 bits per heavy atom. The Kier molecular flexibility index (Phi) is 6.17. The van der Waals surface area contributed by atoms with Crippen LogP contribution in [0.3, 0.4) is 0 Å². The second-order valence-electron chi connectivity index (χ2n) is 5.81. The van der Waals surface area contributed by atoms with Crippen LogP contribution in [-0.4, -0.2) is 28.3 Å². The molecule has 0 saturated heterocycles. The molecule has 0 amide bonds. The molecule has 0 bridgehead atoms. The molecular weight excluding hydrogens is 322 g/mol. The lowest BCUT2D eigenvalue weighted by atomic mass is 9.94. The maximum absolute atomic E-state index is 10.8. The van der Waals surface area contributed by atoms with Gasteiger partial charge in [0.25, 0.3) is 0 Å². The molecule has 0 aliphatic carbocycles. The molecule has 4 nitrogen and oxygen atoms in total. The van der Waals surface area contributed by atoms with Crippen molar-refractivity contribution in [3.05, 3.63) is 33.8 Å². The monoisotopic (exact) mass is 343 g/mol. The van der Waals surface area contributed by atoms with Crippen LogP contribution in [-0.2, 0) is 6.54 Å². The number of halogens is 1. The molecule has 1 aromatic rings. The number of carboxylic acid groups (broad SMARTS) is 1. The Morgan fingerprint density at radius 1 is 1.45 bits per heavy atom. The van der Waals surface area contributed by atoms with E-state index in [1.54, 1.807) is 18.2 Å². The summed E-state index contributed by atoms with van der Waals surface area (Å²) >= 11 is 3.37. The molecule has 1 atom stereocenters. The fraction of sp³-hybridized carbons (Fsp3) is 0.533. The molecule has 0 fully saturated rings. The summed E-state index contributed by atoms with van der Waals surface area (Å²) in [4.78, 5) is 10.8. The van der Waals surface area contributed by atoms with Crippen LogP contribution in [0.25, 0.3) is 0 Å². The molecule has 0 radical (unpaired) electrons. The molecule has 5 heteroatoms. The van der Waals surface area contributed by atoms with E-state index in [2.05, 4.69) is 35.1 Å². The van der Waals surface area contributed by atoms with E-state index in [1.807, 2.05) is 6.92 Å². The third-order valence-corrected chi connectivity index (χ3v) is 3.71. The zero-order chi connectivity index (χ0) is 15.3. The predicted molar refractivity (Wildman–Crippen MR) is 82.9 cm³/mol. The number of aliphatic hydroxyl groups is 1. The maximum Gasteiger partial charge on any atom is 0.335 e. The maximum atomic E-state index is 10.8. The van der Waals surface area contributed by atoms with Crippen molar-refractivity contribution in [2.75, 3.05) is 6.54 Å². The fourth-order valence-corrected chi connectivity index (χ4v) is 2.76. The minimum atomic E-state index is -0.940. The molecule has 1 rings (SSSR count). The summed E-state index contributed by atoms with van der Waals surface area (Å²) in [5.41, 5.74) is 0.490. The first-order valence-corrected chi connectivity index (χ1v) is 7.45. The smallest absolute Gasteiger partial charge is 0.335 e. The average molecular weight is 344 g/mol. The zero-order valence-electron chi connectivity index (χ0n) is 12.1. The van der Waals surface area contributed by atoms with Gasteiger partial charge in [0.2, 0.25) is 0 Å². The predicted octanol–water partition coefficient (Wildman–Crippen LogP) is 3.03. The summed E-state index contributed by atoms with van der Waals surface area (Å²) in [7, 11) is 0. The van der Waals surface area contributed by atoms with Crippen molar-refractivity contribution in [2.45, 2.75) is 39.3 Å². The Balaban J connectivity index is 2.56. The molecule has 112 valence electrons. The van der Waals surface area contributed by atoms with E-state index in [1.165, 1.54) is 0 Å². The topological polar surface area (TPSA) is 69.6 Å². The quantitative estimate of drug-likeness (QED) is 0.711. The lowest BCUT2D eigenvalue weighted by Crippen LogP contribution is -2.38. The van der Waals surface area contributed by atoms with Crippen molar-refractivity contribution >= 4 is 21.9 Å². The van der Waals surface area contributed by atoms with Gasteiger partial charge in [-0.15, -0.1) is 0 Å². The number of nitrogens with one attached hydrogen (secondary N) is 1. The highest BCUT2D eigenvalue weighted by Crippen LogP contribution is 2.19. The van der Waals surface area contributed by atoms with Gasteiger partial charge in [0.1, 0.15) is 0 Å². The summed E-state index contributed by atoms with van der Waals surface area (Å²) in [6.07, 6.45) is 0.735. The van der Waals surface area contributed by atoms with Gasteiger partial charge in [0, 0.05) is 17.6 Å². The number of aromatic carboxylic acids is 1. The minimum absolute atomic E-state index is 0.257. The third kappa shape index (κ3) is 5.61. The first-order valence-electron chi connectivity index (χ1n) is 6.66. The highest BCUT2D eigenvalue weighted by atomic mass is 79.9. The summed E-state index contributed by atoms with van der Waals surface area (Å²) in [5, 5.41) is 22.3. The molecule has 3 N–H and O–H groups in total. The summed E-state index contributed by atoms with van der Waals surface area (Å²) in [6, 6.07) is 4.94. The van der Waals surface area contributed by atoms with Crippen LogP contribution in [0.15, 0.2) is 22.7 Å². The van der Waals surface area contributed by atoms with Gasteiger partial charge in [-0.05, 0) is 37.0 Å². The van der Waals surface area contributed by atoms with Gasteiger partial charge in [-0.1, -0.05) is 35.8 Å². The van der Waals surface area contributed by atoms with Crippen LogP contribution in [0, 0.1) is 5.92 Å². The lowest BCUT2D eigenvalue weighted by molar-refractivity contribution is 0.0383. The van der Waals surface area contributed by atoms with Crippen LogP contribution in [0.4, 0.5) is 0 Å². The first kappa shape index (κ1) is 17.1. The number of hydrogen-bond acceptors (Lipinski definition) is 3. The van der Waals surface area contributed by atoms with Gasteiger partial charge in [-0.2, -0.15) is 0 Å². The molecular formula is C15H22BrNO3. The molecule has 0 aliphatic rings. The van der Waals surface area contributed by atoms with Crippen molar-refractivity contribution in [3.8, 4) is 0 Å². The van der Waals surface area contributed by atoms with Crippen molar-refractivity contribution in [1.82, 2.24) is 5.32 Å². The SMILES string of the molecule is CC(C)CC(C)(O)CNCc1ccc(C(=O)O)cc1Br. The number of carbonyl (C=O) groups is 1. The fourth-order valence-electron chi connectivity index (χ4n) is 2.24. The summed E-state index contributed by atoms with van der Waals surface area (Å²) in [6.45, 7) is 7.06. The standard InChI is InChI=1S/C15H22BrNO3/c1-10(2)7-15(3,20)9-17-8-12-5-4-11(14(18)19)6-13(12)16/h4-6,10,17,20H,7-9H2,1-3H3,(H,18,19). The van der Waals surface area contributed by atoms with E-state index in [4.69, 9.17) is 5.11 Å². The molecule has 0 aliphatic heterocycles. The second-order valence-corrected chi connectivity index (χ2v) is 6.66. The van der Waals surface area contributed by atoms with E-state index in [0.29, 0.717) is 19.0 Å².